The van der Waals surface area contributed by atoms with E-state index >= 15 is 0 Å². The maximum Gasteiger partial charge on any atom is 0.172 e. The van der Waals surface area contributed by atoms with Gasteiger partial charge in [-0.25, -0.2) is 5.10 Å². The molecule has 0 aliphatic rings. The fraction of sp³-hybridized carbons (Fsp3) is 0. The van der Waals surface area contributed by atoms with Crippen LogP contribution in [0.25, 0.3) is 6.08 Å². The molecule has 35 valence electrons. The van der Waals surface area contributed by atoms with Gasteiger partial charge in [-0.05, 0) is 16.5 Å². The third-order valence-corrected chi connectivity index (χ3v) is 0.520. The lowest BCUT2D eigenvalue weighted by molar-refractivity contribution is 0.881. The van der Waals surface area contributed by atoms with Crippen molar-refractivity contribution >= 4 is 6.08 Å². The van der Waals surface area contributed by atoms with Gasteiger partial charge in [0.2, 0.25) is 0 Å². The van der Waals surface area contributed by atoms with E-state index in [1.165, 1.54) is 6.08 Å². The van der Waals surface area contributed by atoms with Gasteiger partial charge in [0.25, 0.3) is 0 Å². The Morgan fingerprint density at radius 2 is 2.57 bits per heavy atom. The minimum atomic E-state index is 0.486. The Morgan fingerprint density at radius 3 is 2.86 bits per heavy atom. The minimum Gasteiger partial charge on any atom is -0.239 e. The lowest BCUT2D eigenvalue weighted by Crippen LogP contribution is -1.70. The van der Waals surface area contributed by atoms with Gasteiger partial charge in [-0.15, -0.1) is 5.10 Å². The molecule has 0 spiro atoms. The van der Waals surface area contributed by atoms with Gasteiger partial charge in [0.15, 0.2) is 5.82 Å². The van der Waals surface area contributed by atoms with E-state index in [0.717, 1.165) is 0 Å². The van der Waals surface area contributed by atoms with Gasteiger partial charge in [0.1, 0.15) is 0 Å². The Hall–Kier alpha value is -1.19. The number of hydrogen-bond donors (Lipinski definition) is 1. The van der Waals surface area contributed by atoms with Gasteiger partial charge < -0.3 is 0 Å². The van der Waals surface area contributed by atoms with E-state index in [2.05, 4.69) is 20.6 Å². The summed E-state index contributed by atoms with van der Waals surface area (Å²) in [5.74, 6) is 0.486. The maximum absolute atomic E-state index is 5.00. The van der Waals surface area contributed by atoms with Gasteiger partial charge >= 0.3 is 0 Å². The van der Waals surface area contributed by atoms with Crippen LogP contribution in [0.15, 0.2) is 0 Å². The summed E-state index contributed by atoms with van der Waals surface area (Å²) in [4.78, 5) is 0. The molecule has 0 saturated carbocycles. The van der Waals surface area contributed by atoms with Crippen LogP contribution in [-0.2, 0) is 0 Å². The van der Waals surface area contributed by atoms with Crippen molar-refractivity contribution in [3.8, 4) is 0 Å². The summed E-state index contributed by atoms with van der Waals surface area (Å²) < 4.78 is 0. The van der Waals surface area contributed by atoms with Crippen molar-refractivity contribution < 1.29 is 0 Å². The molecule has 1 N–H and O–H groups in total. The predicted octanol–water partition coefficient (Wildman–Crippen LogP) is -0.354. The average Bonchev–Trinajstić information content (AvgIpc) is 2.14. The van der Waals surface area contributed by atoms with Crippen molar-refractivity contribution in [1.82, 2.24) is 20.6 Å². The Balaban J connectivity index is 2.96. The molecule has 0 aromatic carbocycles. The number of H-pyrrole nitrogens is 1. The molecule has 1 radical (unpaired) electrons. The molecule has 0 bridgehead atoms. The third-order valence-electron chi connectivity index (χ3n) is 0.520. The van der Waals surface area contributed by atoms with E-state index in [0.29, 0.717) is 5.82 Å². The van der Waals surface area contributed by atoms with Gasteiger partial charge in [-0.3, -0.25) is 0 Å². The lowest BCUT2D eigenvalue weighted by atomic mass is 10.6. The second kappa shape index (κ2) is 1.51. The van der Waals surface area contributed by atoms with E-state index in [9.17, 15) is 0 Å². The van der Waals surface area contributed by atoms with E-state index < -0.39 is 0 Å². The molecule has 0 unspecified atom stereocenters. The Labute approximate surface area is 40.2 Å². The maximum atomic E-state index is 5.00. The van der Waals surface area contributed by atoms with Crippen LogP contribution in [0.1, 0.15) is 5.82 Å². The summed E-state index contributed by atoms with van der Waals surface area (Å²) in [7, 11) is 0. The largest absolute Gasteiger partial charge is 0.239 e. The van der Waals surface area contributed by atoms with Crippen LogP contribution in [0, 0.1) is 6.58 Å². The molecular weight excluding hydrogens is 92.1 g/mol. The fourth-order valence-electron chi connectivity index (χ4n) is 0.237. The van der Waals surface area contributed by atoms with Crippen LogP contribution in [-0.4, -0.2) is 20.6 Å². The smallest absolute Gasteiger partial charge is 0.172 e. The highest BCUT2D eigenvalue weighted by molar-refractivity contribution is 5.31. The molecule has 0 amide bonds. The van der Waals surface area contributed by atoms with E-state index in [-0.39, 0.29) is 0 Å². The normalized spacial score (nSPS) is 8.57. The molecule has 0 aliphatic carbocycles. The summed E-state index contributed by atoms with van der Waals surface area (Å²) in [6, 6.07) is 0. The first-order chi connectivity index (χ1) is 3.43. The molecule has 0 fully saturated rings. The molecule has 4 nitrogen and oxygen atoms in total. The van der Waals surface area contributed by atoms with Crippen LogP contribution in [0.3, 0.4) is 0 Å². The van der Waals surface area contributed by atoms with E-state index in [1.807, 2.05) is 0 Å². The molecule has 4 heteroatoms. The molecule has 1 aromatic heterocycles. The average molecular weight is 95.1 g/mol. The zero-order chi connectivity index (χ0) is 5.11. The second-order valence-corrected chi connectivity index (χ2v) is 0.953. The molecular formula is C3H3N4. The third kappa shape index (κ3) is 0.623. The fourth-order valence-corrected chi connectivity index (χ4v) is 0.237. The number of rotatable bonds is 1. The lowest BCUT2D eigenvalue weighted by Gasteiger charge is -1.67. The SMILES string of the molecule is [CH]=Cc1nnn[nH]1. The molecule has 1 heterocycles. The van der Waals surface area contributed by atoms with Crippen molar-refractivity contribution in [2.75, 3.05) is 0 Å². The Morgan fingerprint density at radius 1 is 1.71 bits per heavy atom. The molecule has 0 saturated heterocycles. The number of nitrogens with zero attached hydrogens (tertiary/aromatic N) is 3. The number of hydrogen-bond acceptors (Lipinski definition) is 3. The predicted molar refractivity (Wildman–Crippen MR) is 22.9 cm³/mol. The molecule has 1 aromatic rings. The van der Waals surface area contributed by atoms with E-state index in [1.54, 1.807) is 0 Å². The summed E-state index contributed by atoms with van der Waals surface area (Å²) in [6.45, 7) is 5.00. The van der Waals surface area contributed by atoms with Crippen molar-refractivity contribution in [3.05, 3.63) is 12.4 Å². The van der Waals surface area contributed by atoms with Crippen LogP contribution >= 0.6 is 0 Å². The number of aromatic amines is 1. The van der Waals surface area contributed by atoms with Gasteiger partial charge in [0.05, 0.1) is 0 Å². The highest BCUT2D eigenvalue weighted by Gasteiger charge is 1.81. The number of aromatic nitrogens is 4. The second-order valence-electron chi connectivity index (χ2n) is 0.953. The monoisotopic (exact) mass is 95.0 g/mol. The summed E-state index contributed by atoms with van der Waals surface area (Å²) in [5.41, 5.74) is 0. The van der Waals surface area contributed by atoms with Crippen molar-refractivity contribution in [2.24, 2.45) is 0 Å². The molecule has 1 rings (SSSR count). The summed E-state index contributed by atoms with van der Waals surface area (Å²) in [5, 5.41) is 12.4. The Kier molecular flexibility index (Phi) is 0.856. The van der Waals surface area contributed by atoms with Crippen molar-refractivity contribution in [3.63, 3.8) is 0 Å². The quantitative estimate of drug-likeness (QED) is 0.518. The van der Waals surface area contributed by atoms with Crippen LogP contribution < -0.4 is 0 Å². The van der Waals surface area contributed by atoms with Crippen LogP contribution in [0.2, 0.25) is 0 Å². The van der Waals surface area contributed by atoms with Gasteiger partial charge in [0, 0.05) is 0 Å². The van der Waals surface area contributed by atoms with Gasteiger partial charge in [-0.2, -0.15) is 0 Å². The number of nitrogens with one attached hydrogen (secondary N) is 1. The van der Waals surface area contributed by atoms with Crippen LogP contribution in [0.4, 0.5) is 0 Å². The highest BCUT2D eigenvalue weighted by Crippen LogP contribution is 1.79. The summed E-state index contributed by atoms with van der Waals surface area (Å²) >= 11 is 0. The van der Waals surface area contributed by atoms with Crippen LogP contribution in [0.5, 0.6) is 0 Å². The number of tetrazole rings is 1. The van der Waals surface area contributed by atoms with Crippen molar-refractivity contribution in [1.29, 1.82) is 0 Å². The summed E-state index contributed by atoms with van der Waals surface area (Å²) in [6.07, 6.45) is 1.29. The minimum absolute atomic E-state index is 0.486. The zero-order valence-electron chi connectivity index (χ0n) is 3.50. The first kappa shape index (κ1) is 3.98. The first-order valence-corrected chi connectivity index (χ1v) is 1.72. The van der Waals surface area contributed by atoms with E-state index in [4.69, 9.17) is 6.58 Å². The zero-order valence-corrected chi connectivity index (χ0v) is 3.50. The first-order valence-electron chi connectivity index (χ1n) is 1.72. The molecule has 7 heavy (non-hydrogen) atoms. The standard InChI is InChI=1S/C3H3N4/c1-2-3-4-6-7-5-3/h1-2H,(H,4,5,6,7). The van der Waals surface area contributed by atoms with Crippen molar-refractivity contribution in [2.45, 2.75) is 0 Å². The molecule has 0 atom stereocenters. The van der Waals surface area contributed by atoms with Gasteiger partial charge in [-0.1, -0.05) is 6.58 Å². The molecule has 0 aliphatic heterocycles. The Bertz CT molecular complexity index is 142. The topological polar surface area (TPSA) is 54.5 Å². The highest BCUT2D eigenvalue weighted by atomic mass is 15.5.